The van der Waals surface area contributed by atoms with E-state index in [1.807, 2.05) is 12.1 Å². The van der Waals surface area contributed by atoms with Crippen molar-refractivity contribution >= 4 is 0 Å². The van der Waals surface area contributed by atoms with E-state index in [0.29, 0.717) is 6.61 Å². The fourth-order valence-electron chi connectivity index (χ4n) is 1.72. The van der Waals surface area contributed by atoms with Crippen LogP contribution in [0.4, 0.5) is 4.39 Å². The van der Waals surface area contributed by atoms with E-state index < -0.39 is 5.82 Å². The largest absolute Gasteiger partial charge is 0.471 e. The maximum absolute atomic E-state index is 13.3. The highest BCUT2D eigenvalue weighted by atomic mass is 19.1. The van der Waals surface area contributed by atoms with Crippen molar-refractivity contribution in [2.45, 2.75) is 26.4 Å². The van der Waals surface area contributed by atoms with Crippen LogP contribution in [-0.2, 0) is 13.0 Å². The van der Waals surface area contributed by atoms with Crippen molar-refractivity contribution in [3.63, 3.8) is 0 Å². The number of aryl methyl sites for hydroxylation is 1. The molecular formula is C15H16FNO. The molecule has 0 amide bonds. The Morgan fingerprint density at radius 3 is 2.50 bits per heavy atom. The normalized spacial score (nSPS) is 10.3. The molecule has 0 fully saturated rings. The fraction of sp³-hybridized carbons (Fsp3) is 0.267. The molecule has 18 heavy (non-hydrogen) atoms. The number of hydrogen-bond acceptors (Lipinski definition) is 2. The van der Waals surface area contributed by atoms with Crippen LogP contribution in [0, 0.1) is 5.82 Å². The van der Waals surface area contributed by atoms with Crippen molar-refractivity contribution in [1.29, 1.82) is 0 Å². The Morgan fingerprint density at radius 2 is 1.83 bits per heavy atom. The van der Waals surface area contributed by atoms with Gasteiger partial charge in [0.25, 0.3) is 5.88 Å². The maximum atomic E-state index is 13.3. The lowest BCUT2D eigenvalue weighted by atomic mass is 10.1. The van der Waals surface area contributed by atoms with Crippen molar-refractivity contribution in [2.24, 2.45) is 0 Å². The predicted octanol–water partition coefficient (Wildman–Crippen LogP) is 3.75. The second-order valence-electron chi connectivity index (χ2n) is 4.15. The number of nitrogens with zero attached hydrogens (tertiary/aromatic N) is 1. The van der Waals surface area contributed by atoms with Crippen LogP contribution in [0.5, 0.6) is 5.88 Å². The van der Waals surface area contributed by atoms with E-state index in [9.17, 15) is 4.39 Å². The minimum Gasteiger partial charge on any atom is -0.471 e. The van der Waals surface area contributed by atoms with Crippen molar-refractivity contribution < 1.29 is 9.13 Å². The molecule has 0 aliphatic carbocycles. The zero-order chi connectivity index (χ0) is 12.8. The van der Waals surface area contributed by atoms with Crippen LogP contribution < -0.4 is 4.74 Å². The summed E-state index contributed by atoms with van der Waals surface area (Å²) >= 11 is 0. The zero-order valence-electron chi connectivity index (χ0n) is 10.4. The quantitative estimate of drug-likeness (QED) is 0.800. The smallest absolute Gasteiger partial charge is 0.250 e. The molecule has 0 atom stereocenters. The summed E-state index contributed by atoms with van der Waals surface area (Å²) < 4.78 is 18.6. The molecule has 0 unspecified atom stereocenters. The van der Waals surface area contributed by atoms with Crippen molar-refractivity contribution in [1.82, 2.24) is 4.98 Å². The highest BCUT2D eigenvalue weighted by molar-refractivity contribution is 5.23. The highest BCUT2D eigenvalue weighted by Gasteiger charge is 2.03. The van der Waals surface area contributed by atoms with Gasteiger partial charge in [-0.1, -0.05) is 37.6 Å². The molecule has 0 spiro atoms. The van der Waals surface area contributed by atoms with Crippen LogP contribution in [0.25, 0.3) is 0 Å². The predicted molar refractivity (Wildman–Crippen MR) is 69.0 cm³/mol. The zero-order valence-corrected chi connectivity index (χ0v) is 10.4. The molecule has 3 heteroatoms. The van der Waals surface area contributed by atoms with Crippen molar-refractivity contribution in [3.8, 4) is 5.88 Å². The number of ether oxygens (including phenoxy) is 1. The Kier molecular flexibility index (Phi) is 4.29. The Balaban J connectivity index is 1.96. The van der Waals surface area contributed by atoms with E-state index in [4.69, 9.17) is 4.74 Å². The third-order valence-electron chi connectivity index (χ3n) is 2.66. The van der Waals surface area contributed by atoms with E-state index in [-0.39, 0.29) is 5.88 Å². The Bertz CT molecular complexity index is 496. The molecular weight excluding hydrogens is 229 g/mol. The van der Waals surface area contributed by atoms with Gasteiger partial charge in [0.1, 0.15) is 6.61 Å². The summed E-state index contributed by atoms with van der Waals surface area (Å²) in [4.78, 5) is 3.84. The minimum absolute atomic E-state index is 0.0511. The van der Waals surface area contributed by atoms with Crippen LogP contribution >= 0.6 is 0 Å². The van der Waals surface area contributed by atoms with Crippen LogP contribution in [0.3, 0.4) is 0 Å². The first-order valence-electron chi connectivity index (χ1n) is 6.10. The molecule has 2 rings (SSSR count). The van der Waals surface area contributed by atoms with Crippen LogP contribution in [-0.4, -0.2) is 4.98 Å². The first-order valence-corrected chi connectivity index (χ1v) is 6.10. The van der Waals surface area contributed by atoms with E-state index in [0.717, 1.165) is 18.4 Å². The molecule has 0 saturated heterocycles. The highest BCUT2D eigenvalue weighted by Crippen LogP contribution is 2.14. The third-order valence-corrected chi connectivity index (χ3v) is 2.66. The number of benzene rings is 1. The second kappa shape index (κ2) is 6.15. The molecule has 0 N–H and O–H groups in total. The first-order chi connectivity index (χ1) is 8.79. The van der Waals surface area contributed by atoms with Gasteiger partial charge in [-0.15, -0.1) is 0 Å². The lowest BCUT2D eigenvalue weighted by Gasteiger charge is -2.06. The molecule has 2 aromatic rings. The number of rotatable bonds is 5. The maximum Gasteiger partial charge on any atom is 0.250 e. The minimum atomic E-state index is -0.430. The van der Waals surface area contributed by atoms with Crippen LogP contribution in [0.15, 0.2) is 42.6 Å². The lowest BCUT2D eigenvalue weighted by Crippen LogP contribution is -1.99. The summed E-state index contributed by atoms with van der Waals surface area (Å²) in [5, 5.41) is 0. The van der Waals surface area contributed by atoms with Crippen LogP contribution in [0.2, 0.25) is 0 Å². The molecule has 1 heterocycles. The molecule has 0 aliphatic heterocycles. The Hall–Kier alpha value is -1.90. The molecule has 1 aromatic heterocycles. The molecule has 0 radical (unpaired) electrons. The van der Waals surface area contributed by atoms with Gasteiger partial charge >= 0.3 is 0 Å². The molecule has 0 bridgehead atoms. The average Bonchev–Trinajstić information content (AvgIpc) is 2.40. The first kappa shape index (κ1) is 12.6. The van der Waals surface area contributed by atoms with Gasteiger partial charge in [-0.05, 0) is 29.7 Å². The number of aromatic nitrogens is 1. The lowest BCUT2D eigenvalue weighted by molar-refractivity contribution is 0.277. The van der Waals surface area contributed by atoms with Gasteiger partial charge in [-0.2, -0.15) is 0 Å². The Labute approximate surface area is 106 Å². The van der Waals surface area contributed by atoms with Gasteiger partial charge in [0.15, 0.2) is 5.82 Å². The number of halogens is 1. The van der Waals surface area contributed by atoms with Gasteiger partial charge in [0, 0.05) is 6.20 Å². The molecule has 0 aliphatic rings. The van der Waals surface area contributed by atoms with Gasteiger partial charge in [0.2, 0.25) is 0 Å². The van der Waals surface area contributed by atoms with E-state index >= 15 is 0 Å². The van der Waals surface area contributed by atoms with Gasteiger partial charge in [0.05, 0.1) is 0 Å². The van der Waals surface area contributed by atoms with E-state index in [2.05, 4.69) is 24.0 Å². The van der Waals surface area contributed by atoms with Gasteiger partial charge in [-0.25, -0.2) is 9.37 Å². The summed E-state index contributed by atoms with van der Waals surface area (Å²) in [5.74, 6) is -0.379. The van der Waals surface area contributed by atoms with Crippen LogP contribution in [0.1, 0.15) is 24.5 Å². The molecule has 1 aromatic carbocycles. The summed E-state index contributed by atoms with van der Waals surface area (Å²) in [6.45, 7) is 2.49. The summed E-state index contributed by atoms with van der Waals surface area (Å²) in [7, 11) is 0. The monoisotopic (exact) mass is 245 g/mol. The van der Waals surface area contributed by atoms with E-state index in [1.54, 1.807) is 6.07 Å². The van der Waals surface area contributed by atoms with Gasteiger partial charge < -0.3 is 4.74 Å². The average molecular weight is 245 g/mol. The standard InChI is InChI=1S/C15H16FNO/c1-2-4-12-6-8-13(9-7-12)11-18-15-14(16)5-3-10-17-15/h3,5-10H,2,4,11H2,1H3. The number of pyridine rings is 1. The second-order valence-corrected chi connectivity index (χ2v) is 4.15. The summed E-state index contributed by atoms with van der Waals surface area (Å²) in [6.07, 6.45) is 3.73. The van der Waals surface area contributed by atoms with Crippen molar-refractivity contribution in [2.75, 3.05) is 0 Å². The fourth-order valence-corrected chi connectivity index (χ4v) is 1.72. The van der Waals surface area contributed by atoms with Gasteiger partial charge in [-0.3, -0.25) is 0 Å². The summed E-state index contributed by atoms with van der Waals surface area (Å²) in [5.41, 5.74) is 2.32. The number of hydrogen-bond donors (Lipinski definition) is 0. The SMILES string of the molecule is CCCc1ccc(COc2ncccc2F)cc1. The molecule has 2 nitrogen and oxygen atoms in total. The third kappa shape index (κ3) is 3.29. The topological polar surface area (TPSA) is 22.1 Å². The molecule has 94 valence electrons. The van der Waals surface area contributed by atoms with E-state index in [1.165, 1.54) is 17.8 Å². The van der Waals surface area contributed by atoms with Crippen molar-refractivity contribution in [3.05, 3.63) is 59.5 Å². The summed E-state index contributed by atoms with van der Waals surface area (Å²) in [6, 6.07) is 11.1. The Morgan fingerprint density at radius 1 is 1.11 bits per heavy atom. The molecule has 0 saturated carbocycles.